The molecule has 6 nitrogen and oxygen atoms in total. The SMILES string of the molecule is CN=C(NCC1CCN(S(C)(=O)=O)CC1)NCC(C)(C)c1ccc(F)cc1Cl.I. The van der Waals surface area contributed by atoms with Gasteiger partial charge in [0.2, 0.25) is 10.0 Å². The second-order valence-electron chi connectivity index (χ2n) is 7.92. The van der Waals surface area contributed by atoms with E-state index in [1.807, 2.05) is 13.8 Å². The zero-order valence-corrected chi connectivity index (χ0v) is 21.2. The van der Waals surface area contributed by atoms with Gasteiger partial charge in [0.25, 0.3) is 0 Å². The smallest absolute Gasteiger partial charge is 0.211 e. The van der Waals surface area contributed by atoms with Crippen molar-refractivity contribution in [1.29, 1.82) is 0 Å². The molecule has 2 rings (SSSR count). The van der Waals surface area contributed by atoms with E-state index in [2.05, 4.69) is 15.6 Å². The molecule has 0 amide bonds. The van der Waals surface area contributed by atoms with Crippen LogP contribution in [0.1, 0.15) is 32.3 Å². The molecule has 0 aromatic heterocycles. The van der Waals surface area contributed by atoms with Gasteiger partial charge < -0.3 is 10.6 Å². The summed E-state index contributed by atoms with van der Waals surface area (Å²) in [6.45, 7) is 6.50. The number of nitrogens with zero attached hydrogens (tertiary/aromatic N) is 2. The second kappa shape index (κ2) is 11.1. The van der Waals surface area contributed by atoms with E-state index < -0.39 is 10.0 Å². The van der Waals surface area contributed by atoms with E-state index in [4.69, 9.17) is 11.6 Å². The Hall–Kier alpha value is -0.650. The number of guanidine groups is 1. The van der Waals surface area contributed by atoms with Crippen molar-refractivity contribution in [2.45, 2.75) is 32.1 Å². The fourth-order valence-corrected chi connectivity index (χ4v) is 4.64. The highest BCUT2D eigenvalue weighted by Crippen LogP contribution is 2.29. The van der Waals surface area contributed by atoms with Gasteiger partial charge in [-0.1, -0.05) is 31.5 Å². The quantitative estimate of drug-likeness (QED) is 0.318. The Balaban J connectivity index is 0.00000420. The number of sulfonamides is 1. The molecule has 0 unspecified atom stereocenters. The average Bonchev–Trinajstić information content (AvgIpc) is 2.61. The van der Waals surface area contributed by atoms with Crippen LogP contribution in [0.3, 0.4) is 0 Å². The molecule has 1 aliphatic heterocycles. The fraction of sp³-hybridized carbons (Fsp3) is 0.632. The van der Waals surface area contributed by atoms with Gasteiger partial charge in [-0.3, -0.25) is 4.99 Å². The second-order valence-corrected chi connectivity index (χ2v) is 10.3. The van der Waals surface area contributed by atoms with Crippen LogP contribution in [0.2, 0.25) is 5.02 Å². The van der Waals surface area contributed by atoms with Crippen molar-refractivity contribution in [1.82, 2.24) is 14.9 Å². The molecule has 1 heterocycles. The number of rotatable bonds is 6. The van der Waals surface area contributed by atoms with Crippen LogP contribution in [0.15, 0.2) is 23.2 Å². The Bertz CT molecular complexity index is 812. The molecule has 0 radical (unpaired) electrons. The van der Waals surface area contributed by atoms with E-state index in [-0.39, 0.29) is 35.2 Å². The van der Waals surface area contributed by atoms with Gasteiger partial charge >= 0.3 is 0 Å². The summed E-state index contributed by atoms with van der Waals surface area (Å²) in [6, 6.07) is 4.46. The van der Waals surface area contributed by atoms with E-state index in [9.17, 15) is 12.8 Å². The van der Waals surface area contributed by atoms with Crippen LogP contribution < -0.4 is 10.6 Å². The predicted molar refractivity (Wildman–Crippen MR) is 128 cm³/mol. The molecule has 1 aliphatic rings. The maximum Gasteiger partial charge on any atom is 0.211 e. The molecule has 0 spiro atoms. The lowest BCUT2D eigenvalue weighted by Gasteiger charge is -2.31. The average molecular weight is 561 g/mol. The van der Waals surface area contributed by atoms with E-state index >= 15 is 0 Å². The van der Waals surface area contributed by atoms with Gasteiger partial charge in [-0.05, 0) is 36.5 Å². The standard InChI is InChI=1S/C19H30ClFN4O2S.HI/c1-19(2,16-6-5-15(21)11-17(16)20)13-24-18(22-3)23-12-14-7-9-25(10-8-14)28(4,26)27;/h5-6,11,14H,7-10,12-13H2,1-4H3,(H2,22,23,24);1H. The molecule has 1 saturated heterocycles. The number of hydrogen-bond acceptors (Lipinski definition) is 3. The minimum absolute atomic E-state index is 0. The van der Waals surface area contributed by atoms with Crippen LogP contribution in [-0.4, -0.2) is 58.2 Å². The first-order valence-corrected chi connectivity index (χ1v) is 11.6. The van der Waals surface area contributed by atoms with Gasteiger partial charge in [-0.25, -0.2) is 17.1 Å². The van der Waals surface area contributed by atoms with Crippen molar-refractivity contribution in [3.05, 3.63) is 34.6 Å². The van der Waals surface area contributed by atoms with Crippen molar-refractivity contribution in [3.8, 4) is 0 Å². The molecule has 29 heavy (non-hydrogen) atoms. The molecule has 10 heteroatoms. The number of halogens is 3. The van der Waals surface area contributed by atoms with E-state index in [1.54, 1.807) is 13.1 Å². The summed E-state index contributed by atoms with van der Waals surface area (Å²) in [6.07, 6.45) is 2.91. The van der Waals surface area contributed by atoms with E-state index in [1.165, 1.54) is 22.7 Å². The summed E-state index contributed by atoms with van der Waals surface area (Å²) in [5.74, 6) is 0.727. The third-order valence-electron chi connectivity index (χ3n) is 5.18. The normalized spacial score (nSPS) is 17.0. The highest BCUT2D eigenvalue weighted by Gasteiger charge is 2.26. The van der Waals surface area contributed by atoms with Crippen molar-refractivity contribution in [2.24, 2.45) is 10.9 Å². The summed E-state index contributed by atoms with van der Waals surface area (Å²) in [5.41, 5.74) is 0.551. The molecule has 0 atom stereocenters. The first-order chi connectivity index (χ1) is 13.0. The van der Waals surface area contributed by atoms with Gasteiger partial charge in [0.1, 0.15) is 5.82 Å². The maximum atomic E-state index is 13.3. The topological polar surface area (TPSA) is 73.8 Å². The maximum absolute atomic E-state index is 13.3. The van der Waals surface area contributed by atoms with Gasteiger partial charge in [0, 0.05) is 43.7 Å². The summed E-state index contributed by atoms with van der Waals surface area (Å²) in [7, 11) is -1.39. The molecule has 1 aromatic carbocycles. The monoisotopic (exact) mass is 560 g/mol. The molecule has 1 fully saturated rings. The Labute approximate surface area is 195 Å². The molecule has 1 aromatic rings. The molecule has 2 N–H and O–H groups in total. The summed E-state index contributed by atoms with van der Waals surface area (Å²) in [5, 5.41) is 7.03. The first kappa shape index (κ1) is 26.4. The lowest BCUT2D eigenvalue weighted by atomic mass is 9.84. The van der Waals surface area contributed by atoms with Crippen LogP contribution in [-0.2, 0) is 15.4 Å². The third-order valence-corrected chi connectivity index (χ3v) is 6.80. The zero-order valence-electron chi connectivity index (χ0n) is 17.3. The minimum Gasteiger partial charge on any atom is -0.356 e. The van der Waals surface area contributed by atoms with Crippen molar-refractivity contribution in [3.63, 3.8) is 0 Å². The van der Waals surface area contributed by atoms with Gasteiger partial charge in [0.15, 0.2) is 5.96 Å². The lowest BCUT2D eigenvalue weighted by Crippen LogP contribution is -2.46. The van der Waals surface area contributed by atoms with Crippen molar-refractivity contribution >= 4 is 51.6 Å². The summed E-state index contributed by atoms with van der Waals surface area (Å²) >= 11 is 6.21. The Morgan fingerprint density at radius 2 is 1.93 bits per heavy atom. The molecular formula is C19H31ClFIN4O2S. The largest absolute Gasteiger partial charge is 0.356 e. The van der Waals surface area contributed by atoms with Crippen LogP contribution in [0.4, 0.5) is 4.39 Å². The summed E-state index contributed by atoms with van der Waals surface area (Å²) < 4.78 is 38.0. The van der Waals surface area contributed by atoms with Crippen molar-refractivity contribution < 1.29 is 12.8 Å². The molecule has 0 saturated carbocycles. The van der Waals surface area contributed by atoms with Gasteiger partial charge in [-0.2, -0.15) is 0 Å². The number of hydrogen-bond donors (Lipinski definition) is 2. The Morgan fingerprint density at radius 1 is 1.31 bits per heavy atom. The number of piperidine rings is 1. The molecular weight excluding hydrogens is 530 g/mol. The van der Waals surface area contributed by atoms with Crippen LogP contribution in [0, 0.1) is 11.7 Å². The highest BCUT2D eigenvalue weighted by molar-refractivity contribution is 14.0. The van der Waals surface area contributed by atoms with Crippen molar-refractivity contribution in [2.75, 3.05) is 39.5 Å². The summed E-state index contributed by atoms with van der Waals surface area (Å²) in [4.78, 5) is 4.26. The zero-order chi connectivity index (χ0) is 20.9. The fourth-order valence-electron chi connectivity index (χ4n) is 3.34. The molecule has 0 bridgehead atoms. The van der Waals surface area contributed by atoms with Crippen LogP contribution in [0.5, 0.6) is 0 Å². The number of aliphatic imine (C=N–C) groups is 1. The third kappa shape index (κ3) is 7.84. The van der Waals surface area contributed by atoms with Crippen LogP contribution >= 0.6 is 35.6 Å². The van der Waals surface area contributed by atoms with E-state index in [0.717, 1.165) is 24.9 Å². The molecule has 0 aliphatic carbocycles. The van der Waals surface area contributed by atoms with Gasteiger partial charge in [-0.15, -0.1) is 24.0 Å². The highest BCUT2D eigenvalue weighted by atomic mass is 127. The minimum atomic E-state index is -3.10. The van der Waals surface area contributed by atoms with E-state index in [0.29, 0.717) is 36.5 Å². The van der Waals surface area contributed by atoms with Crippen LogP contribution in [0.25, 0.3) is 0 Å². The Kier molecular flexibility index (Phi) is 10.1. The number of nitrogens with one attached hydrogen (secondary N) is 2. The molecule has 166 valence electrons. The Morgan fingerprint density at radius 3 is 2.45 bits per heavy atom. The van der Waals surface area contributed by atoms with Gasteiger partial charge in [0.05, 0.1) is 6.26 Å². The number of benzene rings is 1. The first-order valence-electron chi connectivity index (χ1n) is 9.38. The lowest BCUT2D eigenvalue weighted by molar-refractivity contribution is 0.274. The predicted octanol–water partition coefficient (Wildman–Crippen LogP) is 3.21.